The van der Waals surface area contributed by atoms with E-state index in [0.717, 1.165) is 5.56 Å². The normalized spacial score (nSPS) is 16.9. The Morgan fingerprint density at radius 2 is 2.28 bits per heavy atom. The number of hydrogen-bond acceptors (Lipinski definition) is 4. The molecule has 1 aliphatic rings. The molecule has 96 valence electrons. The highest BCUT2D eigenvalue weighted by atomic mass is 79.9. The highest BCUT2D eigenvalue weighted by molar-refractivity contribution is 9.09. The lowest BCUT2D eigenvalue weighted by molar-refractivity contribution is -0.150. The maximum Gasteiger partial charge on any atom is 0.347 e. The molecule has 0 N–H and O–H groups in total. The predicted molar refractivity (Wildman–Crippen MR) is 69.3 cm³/mol. The van der Waals surface area contributed by atoms with Crippen molar-refractivity contribution in [2.24, 2.45) is 0 Å². The molecular weight excluding hydrogens is 300 g/mol. The van der Waals surface area contributed by atoms with Crippen molar-refractivity contribution in [1.29, 1.82) is 0 Å². The Balaban J connectivity index is 2.15. The van der Waals surface area contributed by atoms with E-state index in [1.165, 1.54) is 0 Å². The number of esters is 1. The lowest BCUT2D eigenvalue weighted by Crippen LogP contribution is -2.27. The molecule has 0 bridgehead atoms. The molecule has 5 heteroatoms. The van der Waals surface area contributed by atoms with Crippen LogP contribution in [0.4, 0.5) is 0 Å². The fraction of sp³-hybridized carbons (Fsp3) is 0.385. The van der Waals surface area contributed by atoms with Gasteiger partial charge in [-0.25, -0.2) is 4.79 Å². The first-order valence-electron chi connectivity index (χ1n) is 5.71. The summed E-state index contributed by atoms with van der Waals surface area (Å²) in [6.45, 7) is 2.09. The minimum absolute atomic E-state index is 0.0115. The summed E-state index contributed by atoms with van der Waals surface area (Å²) in [5.41, 5.74) is 1.50. The van der Waals surface area contributed by atoms with Crippen LogP contribution in [0.2, 0.25) is 0 Å². The molecule has 2 rings (SSSR count). The van der Waals surface area contributed by atoms with Crippen LogP contribution in [-0.4, -0.2) is 29.8 Å². The first-order chi connectivity index (χ1) is 8.65. The molecule has 0 fully saturated rings. The molecule has 1 heterocycles. The van der Waals surface area contributed by atoms with Crippen LogP contribution >= 0.6 is 15.9 Å². The van der Waals surface area contributed by atoms with Gasteiger partial charge in [0.15, 0.2) is 11.9 Å². The first kappa shape index (κ1) is 13.1. The SMILES string of the molecule is CCOC(=O)C1Cc2cc(C(=O)CBr)ccc2O1. The van der Waals surface area contributed by atoms with Crippen molar-refractivity contribution in [2.75, 3.05) is 11.9 Å². The summed E-state index contributed by atoms with van der Waals surface area (Å²) in [6.07, 6.45) is -0.133. The Morgan fingerprint density at radius 1 is 1.50 bits per heavy atom. The average Bonchev–Trinajstić information content (AvgIpc) is 2.80. The molecule has 0 saturated carbocycles. The number of alkyl halides is 1. The summed E-state index contributed by atoms with van der Waals surface area (Å²) in [4.78, 5) is 23.1. The van der Waals surface area contributed by atoms with Gasteiger partial charge in [-0.1, -0.05) is 15.9 Å². The highest BCUT2D eigenvalue weighted by Crippen LogP contribution is 2.30. The minimum atomic E-state index is -0.589. The van der Waals surface area contributed by atoms with Gasteiger partial charge in [-0.3, -0.25) is 4.79 Å². The molecule has 1 aromatic rings. The van der Waals surface area contributed by atoms with E-state index in [9.17, 15) is 9.59 Å². The van der Waals surface area contributed by atoms with Crippen LogP contribution in [0.1, 0.15) is 22.8 Å². The van der Waals surface area contributed by atoms with Crippen LogP contribution in [0, 0.1) is 0 Å². The number of ketones is 1. The maximum atomic E-state index is 11.6. The number of fused-ring (bicyclic) bond motifs is 1. The van der Waals surface area contributed by atoms with E-state index in [0.29, 0.717) is 24.3 Å². The van der Waals surface area contributed by atoms with Crippen molar-refractivity contribution in [3.05, 3.63) is 29.3 Å². The number of carbonyl (C=O) groups is 2. The van der Waals surface area contributed by atoms with Gasteiger partial charge in [0.2, 0.25) is 0 Å². The number of ether oxygens (including phenoxy) is 2. The molecule has 4 nitrogen and oxygen atoms in total. The van der Waals surface area contributed by atoms with Crippen molar-refractivity contribution in [1.82, 2.24) is 0 Å². The predicted octanol–water partition coefficient (Wildman–Crippen LogP) is 2.13. The summed E-state index contributed by atoms with van der Waals surface area (Å²) in [6, 6.07) is 5.21. The van der Waals surface area contributed by atoms with Gasteiger partial charge < -0.3 is 9.47 Å². The number of benzene rings is 1. The quantitative estimate of drug-likeness (QED) is 0.485. The van der Waals surface area contributed by atoms with Gasteiger partial charge in [0, 0.05) is 12.0 Å². The topological polar surface area (TPSA) is 52.6 Å². The van der Waals surface area contributed by atoms with Crippen molar-refractivity contribution in [2.45, 2.75) is 19.4 Å². The van der Waals surface area contributed by atoms with E-state index >= 15 is 0 Å². The van der Waals surface area contributed by atoms with Crippen molar-refractivity contribution < 1.29 is 19.1 Å². The number of Topliss-reactive ketones (excluding diaryl/α,β-unsaturated/α-hetero) is 1. The molecule has 1 unspecified atom stereocenters. The van der Waals surface area contributed by atoms with Crippen molar-refractivity contribution >= 4 is 27.7 Å². The molecule has 0 amide bonds. The van der Waals surface area contributed by atoms with E-state index in [1.807, 2.05) is 0 Å². The van der Waals surface area contributed by atoms with Gasteiger partial charge in [-0.05, 0) is 30.7 Å². The third kappa shape index (κ3) is 2.56. The molecule has 18 heavy (non-hydrogen) atoms. The highest BCUT2D eigenvalue weighted by Gasteiger charge is 2.30. The van der Waals surface area contributed by atoms with Gasteiger partial charge in [0.25, 0.3) is 0 Å². The van der Waals surface area contributed by atoms with E-state index in [1.54, 1.807) is 25.1 Å². The van der Waals surface area contributed by atoms with Gasteiger partial charge in [0.05, 0.1) is 11.9 Å². The molecule has 0 spiro atoms. The third-order valence-electron chi connectivity index (χ3n) is 2.73. The second-order valence-electron chi connectivity index (χ2n) is 3.94. The summed E-state index contributed by atoms with van der Waals surface area (Å²) in [5, 5.41) is 0.286. The van der Waals surface area contributed by atoms with E-state index in [2.05, 4.69) is 15.9 Å². The Hall–Kier alpha value is -1.36. The van der Waals surface area contributed by atoms with Gasteiger partial charge in [-0.2, -0.15) is 0 Å². The second kappa shape index (κ2) is 5.52. The average molecular weight is 313 g/mol. The van der Waals surface area contributed by atoms with Crippen molar-refractivity contribution in [3.63, 3.8) is 0 Å². The van der Waals surface area contributed by atoms with Crippen LogP contribution in [0.5, 0.6) is 5.75 Å². The summed E-state index contributed by atoms with van der Waals surface area (Å²) >= 11 is 3.13. The Morgan fingerprint density at radius 3 is 2.94 bits per heavy atom. The monoisotopic (exact) mass is 312 g/mol. The van der Waals surface area contributed by atoms with Gasteiger partial charge >= 0.3 is 5.97 Å². The lowest BCUT2D eigenvalue weighted by Gasteiger charge is -2.08. The van der Waals surface area contributed by atoms with Crippen LogP contribution in [0.3, 0.4) is 0 Å². The molecule has 0 aliphatic carbocycles. The molecular formula is C13H13BrO4. The smallest absolute Gasteiger partial charge is 0.347 e. The van der Waals surface area contributed by atoms with Crippen LogP contribution in [-0.2, 0) is 16.0 Å². The Kier molecular flexibility index (Phi) is 4.01. The number of halogens is 1. The summed E-state index contributed by atoms with van der Waals surface area (Å²) in [5.74, 6) is 0.304. The lowest BCUT2D eigenvalue weighted by atomic mass is 10.0. The largest absolute Gasteiger partial charge is 0.478 e. The zero-order chi connectivity index (χ0) is 13.1. The maximum absolute atomic E-state index is 11.6. The van der Waals surface area contributed by atoms with E-state index in [4.69, 9.17) is 9.47 Å². The summed E-state index contributed by atoms with van der Waals surface area (Å²) in [7, 11) is 0. The fourth-order valence-electron chi connectivity index (χ4n) is 1.87. The van der Waals surface area contributed by atoms with Gasteiger partial charge in [-0.15, -0.1) is 0 Å². The first-order valence-corrected chi connectivity index (χ1v) is 6.83. The third-order valence-corrected chi connectivity index (χ3v) is 3.24. The molecule has 0 radical (unpaired) electrons. The Bertz CT molecular complexity index is 484. The zero-order valence-corrected chi connectivity index (χ0v) is 11.5. The molecule has 1 atom stereocenters. The Labute approximate surface area is 113 Å². The number of hydrogen-bond donors (Lipinski definition) is 0. The molecule has 0 saturated heterocycles. The van der Waals surface area contributed by atoms with Crippen LogP contribution < -0.4 is 4.74 Å². The van der Waals surface area contributed by atoms with E-state index in [-0.39, 0.29) is 17.1 Å². The van der Waals surface area contributed by atoms with Crippen LogP contribution in [0.15, 0.2) is 18.2 Å². The zero-order valence-electron chi connectivity index (χ0n) is 9.94. The molecule has 1 aromatic carbocycles. The number of rotatable bonds is 4. The van der Waals surface area contributed by atoms with Crippen molar-refractivity contribution in [3.8, 4) is 5.75 Å². The molecule has 1 aliphatic heterocycles. The number of carbonyl (C=O) groups excluding carboxylic acids is 2. The van der Waals surface area contributed by atoms with Crippen LogP contribution in [0.25, 0.3) is 0 Å². The minimum Gasteiger partial charge on any atom is -0.478 e. The summed E-state index contributed by atoms with van der Waals surface area (Å²) < 4.78 is 10.4. The standard InChI is InChI=1S/C13H13BrO4/c1-2-17-13(16)12-6-9-5-8(10(15)7-14)3-4-11(9)18-12/h3-5,12H,2,6-7H2,1H3. The fourth-order valence-corrected chi connectivity index (χ4v) is 2.19. The van der Waals surface area contributed by atoms with Gasteiger partial charge in [0.1, 0.15) is 5.75 Å². The second-order valence-corrected chi connectivity index (χ2v) is 4.50. The van der Waals surface area contributed by atoms with E-state index < -0.39 is 6.10 Å². The molecule has 0 aromatic heterocycles.